The van der Waals surface area contributed by atoms with Crippen LogP contribution in [0.4, 0.5) is 0 Å². The molecule has 1 heterocycles. The van der Waals surface area contributed by atoms with Crippen LogP contribution in [-0.4, -0.2) is 29.1 Å². The van der Waals surface area contributed by atoms with Crippen molar-refractivity contribution in [2.45, 2.75) is 20.3 Å². The van der Waals surface area contributed by atoms with Crippen molar-refractivity contribution in [1.29, 1.82) is 0 Å². The molecule has 0 saturated heterocycles. The van der Waals surface area contributed by atoms with Gasteiger partial charge in [-0.05, 0) is 25.3 Å². The summed E-state index contributed by atoms with van der Waals surface area (Å²) >= 11 is 1.56. The van der Waals surface area contributed by atoms with Crippen molar-refractivity contribution in [3.05, 3.63) is 22.2 Å². The number of aliphatic hydroxyl groups excluding tert-OH is 1. The lowest BCUT2D eigenvalue weighted by Crippen LogP contribution is -2.26. The van der Waals surface area contributed by atoms with Gasteiger partial charge in [0.05, 0.1) is 10.7 Å². The van der Waals surface area contributed by atoms with E-state index in [-0.39, 0.29) is 12.5 Å². The second-order valence-electron chi connectivity index (χ2n) is 3.99. The summed E-state index contributed by atoms with van der Waals surface area (Å²) < 4.78 is 0. The molecule has 0 aliphatic carbocycles. The first-order valence-electron chi connectivity index (χ1n) is 5.60. The molecule has 0 fully saturated rings. The van der Waals surface area contributed by atoms with Crippen molar-refractivity contribution in [3.63, 3.8) is 0 Å². The molecule has 1 atom stereocenters. The van der Waals surface area contributed by atoms with E-state index in [1.165, 1.54) is 6.08 Å². The number of thiazole rings is 1. The third kappa shape index (κ3) is 5.60. The first kappa shape index (κ1) is 13.9. The molecular formula is C12H18N2O2S. The summed E-state index contributed by atoms with van der Waals surface area (Å²) in [6.45, 7) is 4.66. The summed E-state index contributed by atoms with van der Waals surface area (Å²) in [5.74, 6) is 0.166. The molecule has 1 aromatic heterocycles. The van der Waals surface area contributed by atoms with E-state index in [1.54, 1.807) is 17.4 Å². The van der Waals surface area contributed by atoms with E-state index < -0.39 is 0 Å². The number of aryl methyl sites for hydroxylation is 1. The Morgan fingerprint density at radius 3 is 3.06 bits per heavy atom. The molecule has 1 unspecified atom stereocenters. The molecule has 0 aliphatic rings. The largest absolute Gasteiger partial charge is 0.396 e. The number of hydrogen-bond donors (Lipinski definition) is 2. The van der Waals surface area contributed by atoms with Gasteiger partial charge in [-0.2, -0.15) is 0 Å². The summed E-state index contributed by atoms with van der Waals surface area (Å²) in [7, 11) is 0. The van der Waals surface area contributed by atoms with E-state index >= 15 is 0 Å². The van der Waals surface area contributed by atoms with E-state index in [1.807, 2.05) is 19.2 Å². The van der Waals surface area contributed by atoms with Gasteiger partial charge in [0.2, 0.25) is 5.91 Å². The number of rotatable bonds is 6. The zero-order valence-corrected chi connectivity index (χ0v) is 11.0. The fourth-order valence-corrected chi connectivity index (χ4v) is 1.85. The summed E-state index contributed by atoms with van der Waals surface area (Å²) in [6.07, 6.45) is 3.89. The van der Waals surface area contributed by atoms with Gasteiger partial charge in [0.1, 0.15) is 0 Å². The summed E-state index contributed by atoms with van der Waals surface area (Å²) in [6, 6.07) is 0. The fourth-order valence-electron chi connectivity index (χ4n) is 1.27. The van der Waals surface area contributed by atoms with Crippen molar-refractivity contribution >= 4 is 23.3 Å². The van der Waals surface area contributed by atoms with Crippen LogP contribution in [0.3, 0.4) is 0 Å². The number of aliphatic hydroxyl groups is 1. The number of nitrogens with zero attached hydrogens (tertiary/aromatic N) is 1. The first-order chi connectivity index (χ1) is 8.11. The normalized spacial score (nSPS) is 12.9. The molecule has 0 radical (unpaired) electrons. The standard InChI is InChI=1S/C12H18N2O2S/c1-9(5-6-15)7-13-12(16)4-3-11-8-17-10(2)14-11/h3-4,8-9,15H,5-7H2,1-2H3,(H,13,16). The van der Waals surface area contributed by atoms with E-state index in [0.717, 1.165) is 10.7 Å². The number of amides is 1. The Kier molecular flexibility index (Phi) is 5.86. The molecule has 5 heteroatoms. The summed E-state index contributed by atoms with van der Waals surface area (Å²) in [5, 5.41) is 14.4. The highest BCUT2D eigenvalue weighted by Crippen LogP contribution is 2.08. The molecule has 1 rings (SSSR count). The SMILES string of the molecule is Cc1nc(C=CC(=O)NCC(C)CCO)cs1. The Labute approximate surface area is 105 Å². The number of carbonyl (C=O) groups is 1. The number of hydrogen-bond acceptors (Lipinski definition) is 4. The highest BCUT2D eigenvalue weighted by atomic mass is 32.1. The molecule has 1 amide bonds. The second-order valence-corrected chi connectivity index (χ2v) is 5.05. The highest BCUT2D eigenvalue weighted by Gasteiger charge is 2.02. The summed E-state index contributed by atoms with van der Waals surface area (Å²) in [5.41, 5.74) is 0.811. The van der Waals surface area contributed by atoms with Crippen LogP contribution in [0.25, 0.3) is 6.08 Å². The van der Waals surface area contributed by atoms with Gasteiger partial charge in [-0.15, -0.1) is 11.3 Å². The van der Waals surface area contributed by atoms with Crippen molar-refractivity contribution in [2.24, 2.45) is 5.92 Å². The van der Waals surface area contributed by atoms with Crippen molar-refractivity contribution < 1.29 is 9.90 Å². The predicted molar refractivity (Wildman–Crippen MR) is 69.8 cm³/mol. The van der Waals surface area contributed by atoms with Gasteiger partial charge in [0.15, 0.2) is 0 Å². The van der Waals surface area contributed by atoms with E-state index in [4.69, 9.17) is 5.11 Å². The number of carbonyl (C=O) groups excluding carboxylic acids is 1. The van der Waals surface area contributed by atoms with Crippen LogP contribution in [0.2, 0.25) is 0 Å². The van der Waals surface area contributed by atoms with Gasteiger partial charge in [-0.1, -0.05) is 6.92 Å². The first-order valence-corrected chi connectivity index (χ1v) is 6.48. The third-order valence-corrected chi connectivity index (χ3v) is 3.08. The van der Waals surface area contributed by atoms with Gasteiger partial charge in [-0.3, -0.25) is 4.79 Å². The van der Waals surface area contributed by atoms with Crippen LogP contribution in [0.1, 0.15) is 24.0 Å². The Morgan fingerprint density at radius 1 is 1.71 bits per heavy atom. The third-order valence-electron chi connectivity index (χ3n) is 2.29. The fraction of sp³-hybridized carbons (Fsp3) is 0.500. The maximum atomic E-state index is 11.4. The zero-order chi connectivity index (χ0) is 12.7. The molecule has 0 spiro atoms. The number of aromatic nitrogens is 1. The van der Waals surface area contributed by atoms with Gasteiger partial charge in [0.25, 0.3) is 0 Å². The maximum absolute atomic E-state index is 11.4. The van der Waals surface area contributed by atoms with Crippen molar-refractivity contribution in [3.8, 4) is 0 Å². The Balaban J connectivity index is 2.32. The van der Waals surface area contributed by atoms with Gasteiger partial charge < -0.3 is 10.4 Å². The Bertz CT molecular complexity index is 388. The Morgan fingerprint density at radius 2 is 2.47 bits per heavy atom. The van der Waals surface area contributed by atoms with Crippen LogP contribution >= 0.6 is 11.3 Å². The van der Waals surface area contributed by atoms with Gasteiger partial charge in [0, 0.05) is 24.6 Å². The quantitative estimate of drug-likeness (QED) is 0.758. The summed E-state index contributed by atoms with van der Waals surface area (Å²) in [4.78, 5) is 15.7. The minimum atomic E-state index is -0.125. The molecule has 4 nitrogen and oxygen atoms in total. The van der Waals surface area contributed by atoms with Gasteiger partial charge in [-0.25, -0.2) is 4.98 Å². The predicted octanol–water partition coefficient (Wildman–Crippen LogP) is 1.60. The minimum absolute atomic E-state index is 0.125. The van der Waals surface area contributed by atoms with E-state index in [9.17, 15) is 4.79 Å². The lowest BCUT2D eigenvalue weighted by atomic mass is 10.1. The highest BCUT2D eigenvalue weighted by molar-refractivity contribution is 7.09. The molecule has 0 bridgehead atoms. The Hall–Kier alpha value is -1.20. The van der Waals surface area contributed by atoms with Crippen LogP contribution in [0.5, 0.6) is 0 Å². The molecule has 2 N–H and O–H groups in total. The van der Waals surface area contributed by atoms with E-state index in [0.29, 0.717) is 18.9 Å². The molecule has 0 saturated carbocycles. The lowest BCUT2D eigenvalue weighted by Gasteiger charge is -2.09. The minimum Gasteiger partial charge on any atom is -0.396 e. The average Bonchev–Trinajstić information content (AvgIpc) is 2.70. The van der Waals surface area contributed by atoms with Crippen LogP contribution in [-0.2, 0) is 4.79 Å². The van der Waals surface area contributed by atoms with Gasteiger partial charge >= 0.3 is 0 Å². The molecule has 17 heavy (non-hydrogen) atoms. The molecule has 94 valence electrons. The average molecular weight is 254 g/mol. The molecule has 0 aromatic carbocycles. The molecule has 0 aliphatic heterocycles. The smallest absolute Gasteiger partial charge is 0.244 e. The van der Waals surface area contributed by atoms with Crippen molar-refractivity contribution in [2.75, 3.05) is 13.2 Å². The zero-order valence-electron chi connectivity index (χ0n) is 10.1. The second kappa shape index (κ2) is 7.19. The maximum Gasteiger partial charge on any atom is 0.244 e. The number of nitrogens with one attached hydrogen (secondary N) is 1. The van der Waals surface area contributed by atoms with Crippen LogP contribution < -0.4 is 5.32 Å². The van der Waals surface area contributed by atoms with Crippen molar-refractivity contribution in [1.82, 2.24) is 10.3 Å². The van der Waals surface area contributed by atoms with Crippen LogP contribution in [0, 0.1) is 12.8 Å². The lowest BCUT2D eigenvalue weighted by molar-refractivity contribution is -0.116. The monoisotopic (exact) mass is 254 g/mol. The van der Waals surface area contributed by atoms with E-state index in [2.05, 4.69) is 10.3 Å². The molecular weight excluding hydrogens is 236 g/mol. The topological polar surface area (TPSA) is 62.2 Å². The van der Waals surface area contributed by atoms with Crippen LogP contribution in [0.15, 0.2) is 11.5 Å². The molecule has 1 aromatic rings.